The van der Waals surface area contributed by atoms with E-state index in [-0.39, 0.29) is 5.69 Å². The van der Waals surface area contributed by atoms with Crippen molar-refractivity contribution in [2.45, 2.75) is 19.3 Å². The van der Waals surface area contributed by atoms with Gasteiger partial charge in [0.05, 0.1) is 16.2 Å². The van der Waals surface area contributed by atoms with E-state index in [1.165, 1.54) is 12.1 Å². The molecule has 5 nitrogen and oxygen atoms in total. The average Bonchev–Trinajstić information content (AvgIpc) is 2.93. The number of hydrogen-bond acceptors (Lipinski definition) is 4. The highest BCUT2D eigenvalue weighted by molar-refractivity contribution is 5.68. The van der Waals surface area contributed by atoms with Crippen molar-refractivity contribution in [1.82, 2.24) is 4.98 Å². The van der Waals surface area contributed by atoms with Crippen LogP contribution in [0.4, 0.5) is 5.69 Å². The van der Waals surface area contributed by atoms with E-state index in [1.807, 2.05) is 6.07 Å². The quantitative estimate of drug-likeness (QED) is 0.617. The van der Waals surface area contributed by atoms with Crippen LogP contribution in [-0.2, 0) is 12.8 Å². The van der Waals surface area contributed by atoms with Crippen molar-refractivity contribution in [3.63, 3.8) is 0 Å². The number of fused-ring (bicyclic) bond motifs is 1. The number of nitro groups is 1. The SMILES string of the molecule is N#Cc1cc2c(nc1-c1ccc([N+](=O)[O-])cc1)CCC2. The Balaban J connectivity index is 2.10. The maximum absolute atomic E-state index is 10.7. The molecule has 0 fully saturated rings. The second kappa shape index (κ2) is 4.74. The minimum atomic E-state index is -0.439. The Hall–Kier alpha value is -2.74. The second-order valence-electron chi connectivity index (χ2n) is 4.76. The largest absolute Gasteiger partial charge is 0.269 e. The third-order valence-corrected chi connectivity index (χ3v) is 3.52. The first-order valence-electron chi connectivity index (χ1n) is 6.37. The van der Waals surface area contributed by atoms with Gasteiger partial charge in [0.15, 0.2) is 0 Å². The van der Waals surface area contributed by atoms with Gasteiger partial charge in [-0.15, -0.1) is 0 Å². The second-order valence-corrected chi connectivity index (χ2v) is 4.76. The molecule has 0 atom stereocenters. The fourth-order valence-corrected chi connectivity index (χ4v) is 2.52. The molecule has 1 aromatic carbocycles. The Morgan fingerprint density at radius 3 is 2.65 bits per heavy atom. The van der Waals surface area contributed by atoms with Crippen LogP contribution < -0.4 is 0 Å². The number of pyridine rings is 1. The van der Waals surface area contributed by atoms with Crippen LogP contribution in [0.15, 0.2) is 30.3 Å². The van der Waals surface area contributed by atoms with Gasteiger partial charge in [-0.25, -0.2) is 0 Å². The molecule has 1 aromatic heterocycles. The molecule has 2 aromatic rings. The highest BCUT2D eigenvalue weighted by Gasteiger charge is 2.17. The van der Waals surface area contributed by atoms with Gasteiger partial charge in [0, 0.05) is 23.4 Å². The first kappa shape index (κ1) is 12.3. The normalized spacial score (nSPS) is 12.8. The summed E-state index contributed by atoms with van der Waals surface area (Å²) in [5, 5.41) is 19.9. The zero-order valence-corrected chi connectivity index (χ0v) is 10.7. The molecule has 0 N–H and O–H groups in total. The maximum atomic E-state index is 10.7. The summed E-state index contributed by atoms with van der Waals surface area (Å²) in [6.45, 7) is 0. The molecule has 0 amide bonds. The van der Waals surface area contributed by atoms with Gasteiger partial charge in [-0.2, -0.15) is 5.26 Å². The van der Waals surface area contributed by atoms with Crippen molar-refractivity contribution < 1.29 is 4.92 Å². The molecule has 0 radical (unpaired) electrons. The van der Waals surface area contributed by atoms with E-state index < -0.39 is 4.92 Å². The van der Waals surface area contributed by atoms with Gasteiger partial charge in [-0.3, -0.25) is 15.1 Å². The number of nitro benzene ring substituents is 1. The zero-order chi connectivity index (χ0) is 14.1. The summed E-state index contributed by atoms with van der Waals surface area (Å²) in [6, 6.07) is 10.2. The topological polar surface area (TPSA) is 79.8 Å². The molecule has 1 aliphatic rings. The molecule has 0 saturated carbocycles. The highest BCUT2D eigenvalue weighted by atomic mass is 16.6. The van der Waals surface area contributed by atoms with Crippen LogP contribution in [-0.4, -0.2) is 9.91 Å². The van der Waals surface area contributed by atoms with Gasteiger partial charge < -0.3 is 0 Å². The number of hydrogen-bond donors (Lipinski definition) is 0. The van der Waals surface area contributed by atoms with Gasteiger partial charge in [0.2, 0.25) is 0 Å². The van der Waals surface area contributed by atoms with Crippen molar-refractivity contribution >= 4 is 5.69 Å². The Morgan fingerprint density at radius 1 is 1.25 bits per heavy atom. The van der Waals surface area contributed by atoms with Gasteiger partial charge in [0.25, 0.3) is 5.69 Å². The third-order valence-electron chi connectivity index (χ3n) is 3.52. The summed E-state index contributed by atoms with van der Waals surface area (Å²) < 4.78 is 0. The Bertz CT molecular complexity index is 730. The van der Waals surface area contributed by atoms with E-state index in [2.05, 4.69) is 11.1 Å². The monoisotopic (exact) mass is 265 g/mol. The lowest BCUT2D eigenvalue weighted by atomic mass is 10.0. The van der Waals surface area contributed by atoms with Crippen molar-refractivity contribution in [1.29, 1.82) is 5.26 Å². The molecule has 3 rings (SSSR count). The van der Waals surface area contributed by atoms with Crippen LogP contribution in [0.1, 0.15) is 23.2 Å². The summed E-state index contributed by atoms with van der Waals surface area (Å²) >= 11 is 0. The van der Waals surface area contributed by atoms with E-state index in [0.717, 1.165) is 36.1 Å². The average molecular weight is 265 g/mol. The van der Waals surface area contributed by atoms with Gasteiger partial charge in [0.1, 0.15) is 6.07 Å². The van der Waals surface area contributed by atoms with Gasteiger partial charge >= 0.3 is 0 Å². The summed E-state index contributed by atoms with van der Waals surface area (Å²) in [5.74, 6) is 0. The van der Waals surface area contributed by atoms with Gasteiger partial charge in [-0.05, 0) is 43.0 Å². The lowest BCUT2D eigenvalue weighted by Crippen LogP contribution is -1.96. The number of benzene rings is 1. The fourth-order valence-electron chi connectivity index (χ4n) is 2.52. The number of nitrogens with zero attached hydrogens (tertiary/aromatic N) is 3. The minimum Gasteiger partial charge on any atom is -0.258 e. The molecule has 1 heterocycles. The van der Waals surface area contributed by atoms with E-state index in [9.17, 15) is 15.4 Å². The Kier molecular flexibility index (Phi) is 2.92. The smallest absolute Gasteiger partial charge is 0.258 e. The summed E-state index contributed by atoms with van der Waals surface area (Å²) in [6.07, 6.45) is 2.97. The molecule has 0 unspecified atom stereocenters. The number of aromatic nitrogens is 1. The summed E-state index contributed by atoms with van der Waals surface area (Å²) in [5.41, 5.74) is 4.10. The number of rotatable bonds is 2. The third kappa shape index (κ3) is 2.01. The molecule has 0 spiro atoms. The summed E-state index contributed by atoms with van der Waals surface area (Å²) in [7, 11) is 0. The van der Waals surface area contributed by atoms with Crippen LogP contribution in [0, 0.1) is 21.4 Å². The molecular weight excluding hydrogens is 254 g/mol. The van der Waals surface area contributed by atoms with Crippen LogP contribution in [0.25, 0.3) is 11.3 Å². The van der Waals surface area contributed by atoms with Gasteiger partial charge in [-0.1, -0.05) is 0 Å². The molecule has 5 heteroatoms. The standard InChI is InChI=1S/C15H11N3O2/c16-9-12-8-11-2-1-3-14(11)17-15(12)10-4-6-13(7-5-10)18(19)20/h4-8H,1-3H2. The van der Waals surface area contributed by atoms with Crippen LogP contribution in [0.2, 0.25) is 0 Å². The first-order valence-corrected chi connectivity index (χ1v) is 6.37. The fraction of sp³-hybridized carbons (Fsp3) is 0.200. The number of nitriles is 1. The van der Waals surface area contributed by atoms with Crippen LogP contribution in [0.5, 0.6) is 0 Å². The van der Waals surface area contributed by atoms with Crippen LogP contribution >= 0.6 is 0 Å². The molecule has 0 saturated heterocycles. The zero-order valence-electron chi connectivity index (χ0n) is 10.7. The van der Waals surface area contributed by atoms with Crippen molar-refractivity contribution in [2.75, 3.05) is 0 Å². The first-order chi connectivity index (χ1) is 9.69. The molecule has 20 heavy (non-hydrogen) atoms. The van der Waals surface area contributed by atoms with Crippen molar-refractivity contribution in [3.8, 4) is 17.3 Å². The van der Waals surface area contributed by atoms with E-state index >= 15 is 0 Å². The van der Waals surface area contributed by atoms with E-state index in [1.54, 1.807) is 12.1 Å². The Labute approximate surface area is 115 Å². The van der Waals surface area contributed by atoms with E-state index in [0.29, 0.717) is 11.3 Å². The predicted molar refractivity (Wildman–Crippen MR) is 73.1 cm³/mol. The van der Waals surface area contributed by atoms with E-state index in [4.69, 9.17) is 0 Å². The maximum Gasteiger partial charge on any atom is 0.269 e. The molecule has 1 aliphatic carbocycles. The Morgan fingerprint density at radius 2 is 2.00 bits per heavy atom. The summed E-state index contributed by atoms with van der Waals surface area (Å²) in [4.78, 5) is 14.8. The number of aryl methyl sites for hydroxylation is 2. The molecule has 0 bridgehead atoms. The lowest BCUT2D eigenvalue weighted by molar-refractivity contribution is -0.384. The van der Waals surface area contributed by atoms with Crippen molar-refractivity contribution in [2.24, 2.45) is 0 Å². The predicted octanol–water partition coefficient (Wildman–Crippen LogP) is 3.02. The lowest BCUT2D eigenvalue weighted by Gasteiger charge is -2.07. The molecule has 0 aliphatic heterocycles. The van der Waals surface area contributed by atoms with Crippen molar-refractivity contribution in [3.05, 3.63) is 57.3 Å². The molecular formula is C15H11N3O2. The number of non-ortho nitro benzene ring substituents is 1. The van der Waals surface area contributed by atoms with Crippen LogP contribution in [0.3, 0.4) is 0 Å². The minimum absolute atomic E-state index is 0.0356. The molecule has 98 valence electrons. The highest BCUT2D eigenvalue weighted by Crippen LogP contribution is 2.29.